The van der Waals surface area contributed by atoms with E-state index in [4.69, 9.17) is 9.47 Å². The highest BCUT2D eigenvalue weighted by atomic mass is 16.5. The van der Waals surface area contributed by atoms with Crippen LogP contribution in [0.4, 0.5) is 0 Å². The lowest BCUT2D eigenvalue weighted by Gasteiger charge is -2.17. The minimum Gasteiger partial charge on any atom is -0.493 e. The monoisotopic (exact) mass is 363 g/mol. The third-order valence-electron chi connectivity index (χ3n) is 4.34. The van der Waals surface area contributed by atoms with Gasteiger partial charge in [0.25, 0.3) is 0 Å². The maximum absolute atomic E-state index is 10.3. The van der Waals surface area contributed by atoms with Crippen LogP contribution in [0.25, 0.3) is 0 Å². The van der Waals surface area contributed by atoms with E-state index in [-0.39, 0.29) is 0 Å². The zero-order valence-corrected chi connectivity index (χ0v) is 15.5. The quantitative estimate of drug-likeness (QED) is 0.601. The third-order valence-corrected chi connectivity index (χ3v) is 4.34. The van der Waals surface area contributed by atoms with Crippen molar-refractivity contribution < 1.29 is 14.6 Å². The van der Waals surface area contributed by atoms with E-state index < -0.39 is 6.10 Å². The fraction of sp³-hybridized carbons (Fsp3) is 0.217. The summed E-state index contributed by atoms with van der Waals surface area (Å²) in [5.41, 5.74) is 2.99. The average molecular weight is 363 g/mol. The smallest absolute Gasteiger partial charge is 0.166 e. The highest BCUT2D eigenvalue weighted by Gasteiger charge is 2.12. The van der Waals surface area contributed by atoms with E-state index in [0.29, 0.717) is 25.4 Å². The minimum absolute atomic E-state index is 0.458. The molecule has 0 aliphatic carbocycles. The molecule has 0 amide bonds. The lowest BCUT2D eigenvalue weighted by molar-refractivity contribution is 0.174. The van der Waals surface area contributed by atoms with Gasteiger partial charge in [0.2, 0.25) is 0 Å². The first-order valence-corrected chi connectivity index (χ1v) is 9.04. The summed E-state index contributed by atoms with van der Waals surface area (Å²) < 4.78 is 11.5. The fourth-order valence-electron chi connectivity index (χ4n) is 2.89. The lowest BCUT2D eigenvalue weighted by atomic mass is 10.1. The Morgan fingerprint density at radius 2 is 1.59 bits per heavy atom. The van der Waals surface area contributed by atoms with Gasteiger partial charge in [-0.3, -0.25) is 0 Å². The van der Waals surface area contributed by atoms with Gasteiger partial charge in [-0.05, 0) is 17.2 Å². The molecule has 140 valence electrons. The molecule has 0 heterocycles. The average Bonchev–Trinajstić information content (AvgIpc) is 2.73. The SMILES string of the molecule is COc1cccc(CNCC(O)c2ccccc2)c1OCc1ccccc1. The van der Waals surface area contributed by atoms with E-state index >= 15 is 0 Å². The second kappa shape index (κ2) is 9.76. The summed E-state index contributed by atoms with van der Waals surface area (Å²) in [6, 6.07) is 25.5. The van der Waals surface area contributed by atoms with Crippen molar-refractivity contribution in [3.05, 3.63) is 95.6 Å². The summed E-state index contributed by atoms with van der Waals surface area (Å²) in [6.45, 7) is 1.51. The van der Waals surface area contributed by atoms with E-state index in [1.807, 2.05) is 78.9 Å². The summed E-state index contributed by atoms with van der Waals surface area (Å²) in [5.74, 6) is 1.43. The number of ether oxygens (including phenoxy) is 2. The van der Waals surface area contributed by atoms with Crippen LogP contribution in [0.15, 0.2) is 78.9 Å². The maximum Gasteiger partial charge on any atom is 0.166 e. The first-order valence-electron chi connectivity index (χ1n) is 9.04. The summed E-state index contributed by atoms with van der Waals surface area (Å²) in [5, 5.41) is 13.6. The molecule has 0 fully saturated rings. The first-order chi connectivity index (χ1) is 13.3. The van der Waals surface area contributed by atoms with Crippen molar-refractivity contribution in [2.24, 2.45) is 0 Å². The predicted molar refractivity (Wildman–Crippen MR) is 107 cm³/mol. The molecule has 0 aliphatic heterocycles. The molecule has 3 aromatic carbocycles. The summed E-state index contributed by atoms with van der Waals surface area (Å²) in [7, 11) is 1.64. The number of methoxy groups -OCH3 is 1. The van der Waals surface area contributed by atoms with Gasteiger partial charge in [0.1, 0.15) is 6.61 Å². The Bertz CT molecular complexity index is 822. The summed E-state index contributed by atoms with van der Waals surface area (Å²) >= 11 is 0. The number of nitrogens with one attached hydrogen (secondary N) is 1. The Hall–Kier alpha value is -2.82. The Labute approximate surface area is 160 Å². The fourth-order valence-corrected chi connectivity index (χ4v) is 2.89. The molecule has 0 aromatic heterocycles. The van der Waals surface area contributed by atoms with Gasteiger partial charge in [-0.15, -0.1) is 0 Å². The zero-order valence-electron chi connectivity index (χ0n) is 15.5. The van der Waals surface area contributed by atoms with E-state index in [1.165, 1.54) is 0 Å². The van der Waals surface area contributed by atoms with Gasteiger partial charge >= 0.3 is 0 Å². The van der Waals surface area contributed by atoms with Crippen molar-refractivity contribution in [2.75, 3.05) is 13.7 Å². The van der Waals surface area contributed by atoms with Crippen LogP contribution in [-0.4, -0.2) is 18.8 Å². The molecule has 0 saturated carbocycles. The van der Waals surface area contributed by atoms with E-state index in [9.17, 15) is 5.11 Å². The van der Waals surface area contributed by atoms with Crippen molar-refractivity contribution >= 4 is 0 Å². The highest BCUT2D eigenvalue weighted by Crippen LogP contribution is 2.32. The Morgan fingerprint density at radius 3 is 2.30 bits per heavy atom. The number of aliphatic hydroxyl groups excluding tert-OH is 1. The molecule has 0 radical (unpaired) electrons. The molecule has 0 saturated heterocycles. The maximum atomic E-state index is 10.3. The number of hydrogen-bond donors (Lipinski definition) is 2. The van der Waals surface area contributed by atoms with Crippen LogP contribution in [0.5, 0.6) is 11.5 Å². The molecule has 3 rings (SSSR count). The van der Waals surface area contributed by atoms with Crippen molar-refractivity contribution in [3.63, 3.8) is 0 Å². The van der Waals surface area contributed by atoms with Crippen LogP contribution < -0.4 is 14.8 Å². The molecular formula is C23H25NO3. The van der Waals surface area contributed by atoms with Crippen LogP contribution in [-0.2, 0) is 13.2 Å². The van der Waals surface area contributed by atoms with Crippen LogP contribution in [0.1, 0.15) is 22.8 Å². The molecule has 2 N–H and O–H groups in total. The van der Waals surface area contributed by atoms with Crippen LogP contribution in [0.2, 0.25) is 0 Å². The molecule has 0 spiro atoms. The number of hydrogen-bond acceptors (Lipinski definition) is 4. The molecule has 1 atom stereocenters. The predicted octanol–water partition coefficient (Wildman–Crippen LogP) is 4.10. The molecule has 27 heavy (non-hydrogen) atoms. The molecule has 0 aliphatic rings. The van der Waals surface area contributed by atoms with Gasteiger partial charge in [0, 0.05) is 18.7 Å². The Morgan fingerprint density at radius 1 is 0.889 bits per heavy atom. The second-order valence-corrected chi connectivity index (χ2v) is 6.28. The van der Waals surface area contributed by atoms with E-state index in [1.54, 1.807) is 7.11 Å². The van der Waals surface area contributed by atoms with Crippen LogP contribution in [0.3, 0.4) is 0 Å². The number of benzene rings is 3. The van der Waals surface area contributed by atoms with Gasteiger partial charge in [0.15, 0.2) is 11.5 Å². The number of rotatable bonds is 9. The van der Waals surface area contributed by atoms with Crippen molar-refractivity contribution in [1.29, 1.82) is 0 Å². The minimum atomic E-state index is -0.550. The molecule has 4 heteroatoms. The Balaban J connectivity index is 1.64. The van der Waals surface area contributed by atoms with Gasteiger partial charge in [-0.25, -0.2) is 0 Å². The van der Waals surface area contributed by atoms with Gasteiger partial charge in [0.05, 0.1) is 13.2 Å². The summed E-state index contributed by atoms with van der Waals surface area (Å²) in [4.78, 5) is 0. The Kier molecular flexibility index (Phi) is 6.85. The van der Waals surface area contributed by atoms with E-state index in [0.717, 1.165) is 22.4 Å². The van der Waals surface area contributed by atoms with Gasteiger partial charge in [-0.2, -0.15) is 0 Å². The first kappa shape index (κ1) is 19.0. The molecule has 4 nitrogen and oxygen atoms in total. The molecule has 3 aromatic rings. The highest BCUT2D eigenvalue weighted by molar-refractivity contribution is 5.46. The normalized spacial score (nSPS) is 11.8. The van der Waals surface area contributed by atoms with Crippen molar-refractivity contribution in [2.45, 2.75) is 19.3 Å². The van der Waals surface area contributed by atoms with Crippen molar-refractivity contribution in [1.82, 2.24) is 5.32 Å². The summed E-state index contributed by atoms with van der Waals surface area (Å²) in [6.07, 6.45) is -0.550. The van der Waals surface area contributed by atoms with Crippen molar-refractivity contribution in [3.8, 4) is 11.5 Å². The molecular weight excluding hydrogens is 338 g/mol. The van der Waals surface area contributed by atoms with E-state index in [2.05, 4.69) is 5.32 Å². The standard InChI is InChI=1S/C23H25NO3/c1-26-22-14-8-13-20(23(22)27-17-18-9-4-2-5-10-18)15-24-16-21(25)19-11-6-3-7-12-19/h2-14,21,24-25H,15-17H2,1H3. The number of para-hydroxylation sites is 1. The topological polar surface area (TPSA) is 50.7 Å². The van der Waals surface area contributed by atoms with Gasteiger partial charge < -0.3 is 19.9 Å². The third kappa shape index (κ3) is 5.33. The largest absolute Gasteiger partial charge is 0.493 e. The lowest BCUT2D eigenvalue weighted by Crippen LogP contribution is -2.21. The molecule has 0 bridgehead atoms. The zero-order chi connectivity index (χ0) is 18.9. The van der Waals surface area contributed by atoms with Crippen LogP contribution in [0, 0.1) is 0 Å². The van der Waals surface area contributed by atoms with Crippen LogP contribution >= 0.6 is 0 Å². The second-order valence-electron chi connectivity index (χ2n) is 6.28. The van der Waals surface area contributed by atoms with Gasteiger partial charge in [-0.1, -0.05) is 72.8 Å². The number of aliphatic hydroxyl groups is 1. The molecule has 1 unspecified atom stereocenters.